The number of hydrogen-bond donors (Lipinski definition) is 1. The Bertz CT molecular complexity index is 606. The molecular weight excluding hydrogens is 250 g/mol. The van der Waals surface area contributed by atoms with Crippen LogP contribution in [0.3, 0.4) is 0 Å². The van der Waals surface area contributed by atoms with Gasteiger partial charge in [0.1, 0.15) is 0 Å². The second kappa shape index (κ2) is 3.72. The summed E-state index contributed by atoms with van der Waals surface area (Å²) in [6.07, 6.45) is 1.11. The van der Waals surface area contributed by atoms with E-state index in [2.05, 4.69) is 24.0 Å². The van der Waals surface area contributed by atoms with E-state index in [0.717, 1.165) is 17.8 Å². The number of nitrogens with zero attached hydrogens (tertiary/aromatic N) is 2. The van der Waals surface area contributed by atoms with Crippen LogP contribution in [0.25, 0.3) is 11.5 Å². The molecule has 0 radical (unpaired) electrons. The molecule has 0 amide bonds. The molecule has 18 heavy (non-hydrogen) atoms. The van der Waals surface area contributed by atoms with Gasteiger partial charge in [-0.1, -0.05) is 30.6 Å². The molecular formula is C13H14ClN3O. The lowest BCUT2D eigenvalue weighted by Crippen LogP contribution is -1.92. The normalized spacial score (nSPS) is 20.9. The first-order valence-corrected chi connectivity index (χ1v) is 6.24. The molecule has 4 nitrogen and oxygen atoms in total. The zero-order valence-electron chi connectivity index (χ0n) is 10.3. The molecule has 1 aliphatic rings. The maximum atomic E-state index is 5.88. The lowest BCUT2D eigenvalue weighted by molar-refractivity contribution is 0.419. The molecule has 1 saturated carbocycles. The second-order valence-corrected chi connectivity index (χ2v) is 5.85. The zero-order valence-corrected chi connectivity index (χ0v) is 11.0. The first-order valence-electron chi connectivity index (χ1n) is 5.86. The maximum Gasteiger partial charge on any atom is 0.258 e. The Hall–Kier alpha value is -1.55. The molecule has 1 aromatic carbocycles. The van der Waals surface area contributed by atoms with Crippen molar-refractivity contribution in [1.82, 2.24) is 10.1 Å². The number of halogens is 1. The number of aromatic nitrogens is 2. The van der Waals surface area contributed by atoms with Gasteiger partial charge in [0.25, 0.3) is 5.89 Å². The number of rotatable bonds is 2. The summed E-state index contributed by atoms with van der Waals surface area (Å²) in [6, 6.07) is 5.31. The Balaban J connectivity index is 1.91. The largest absolute Gasteiger partial charge is 0.398 e. The molecule has 1 atom stereocenters. The number of nitrogens with two attached hydrogens (primary N) is 1. The molecule has 0 bridgehead atoms. The average Bonchev–Trinajstić information content (AvgIpc) is 2.78. The Kier molecular flexibility index (Phi) is 2.38. The summed E-state index contributed by atoms with van der Waals surface area (Å²) in [4.78, 5) is 4.43. The van der Waals surface area contributed by atoms with Crippen molar-refractivity contribution in [3.63, 3.8) is 0 Å². The first kappa shape index (κ1) is 11.5. The fourth-order valence-electron chi connectivity index (χ4n) is 2.08. The van der Waals surface area contributed by atoms with Crippen LogP contribution in [0.2, 0.25) is 5.02 Å². The molecule has 5 heteroatoms. The summed E-state index contributed by atoms with van der Waals surface area (Å²) in [5, 5.41) is 4.57. The molecule has 94 valence electrons. The van der Waals surface area contributed by atoms with Crippen LogP contribution in [-0.2, 0) is 0 Å². The van der Waals surface area contributed by atoms with E-state index in [4.69, 9.17) is 21.9 Å². The van der Waals surface area contributed by atoms with Gasteiger partial charge < -0.3 is 10.3 Å². The molecule has 0 aliphatic heterocycles. The van der Waals surface area contributed by atoms with Crippen molar-refractivity contribution < 1.29 is 4.52 Å². The van der Waals surface area contributed by atoms with Crippen LogP contribution in [0.15, 0.2) is 22.7 Å². The summed E-state index contributed by atoms with van der Waals surface area (Å²) >= 11 is 5.88. The SMILES string of the molecule is CC1(C)CC1c1noc(-c2ccc(Cl)c(N)c2)n1. The Morgan fingerprint density at radius 2 is 2.17 bits per heavy atom. The van der Waals surface area contributed by atoms with Gasteiger partial charge >= 0.3 is 0 Å². The first-order chi connectivity index (χ1) is 8.47. The van der Waals surface area contributed by atoms with Gasteiger partial charge in [-0.25, -0.2) is 0 Å². The van der Waals surface area contributed by atoms with Crippen LogP contribution in [0.4, 0.5) is 5.69 Å². The van der Waals surface area contributed by atoms with Crippen molar-refractivity contribution in [3.8, 4) is 11.5 Å². The number of hydrogen-bond acceptors (Lipinski definition) is 4. The van der Waals surface area contributed by atoms with Crippen molar-refractivity contribution in [2.75, 3.05) is 5.73 Å². The summed E-state index contributed by atoms with van der Waals surface area (Å²) < 4.78 is 5.28. The maximum absolute atomic E-state index is 5.88. The molecule has 1 unspecified atom stereocenters. The van der Waals surface area contributed by atoms with Crippen molar-refractivity contribution in [1.29, 1.82) is 0 Å². The minimum Gasteiger partial charge on any atom is -0.398 e. The van der Waals surface area contributed by atoms with Crippen LogP contribution in [0.5, 0.6) is 0 Å². The van der Waals surface area contributed by atoms with Crippen LogP contribution >= 0.6 is 11.6 Å². The molecule has 1 aromatic heterocycles. The van der Waals surface area contributed by atoms with Crippen LogP contribution in [0, 0.1) is 5.41 Å². The topological polar surface area (TPSA) is 64.9 Å². The van der Waals surface area contributed by atoms with E-state index >= 15 is 0 Å². The highest BCUT2D eigenvalue weighted by molar-refractivity contribution is 6.33. The Labute approximate surface area is 110 Å². The smallest absolute Gasteiger partial charge is 0.258 e. The lowest BCUT2D eigenvalue weighted by atomic mass is 10.1. The fraction of sp³-hybridized carbons (Fsp3) is 0.385. The fourth-order valence-corrected chi connectivity index (χ4v) is 2.20. The highest BCUT2D eigenvalue weighted by Crippen LogP contribution is 2.57. The predicted molar refractivity (Wildman–Crippen MR) is 70.3 cm³/mol. The molecule has 1 fully saturated rings. The van der Waals surface area contributed by atoms with Gasteiger partial charge in [-0.3, -0.25) is 0 Å². The molecule has 2 aromatic rings. The van der Waals surface area contributed by atoms with Crippen LogP contribution in [-0.4, -0.2) is 10.1 Å². The summed E-state index contributed by atoms with van der Waals surface area (Å²) in [5.74, 6) is 1.68. The molecule has 0 spiro atoms. The van der Waals surface area contributed by atoms with E-state index in [-0.39, 0.29) is 0 Å². The van der Waals surface area contributed by atoms with E-state index in [1.807, 2.05) is 6.07 Å². The molecule has 3 rings (SSSR count). The zero-order chi connectivity index (χ0) is 12.9. The third-order valence-electron chi connectivity index (χ3n) is 3.51. The van der Waals surface area contributed by atoms with Crippen molar-refractivity contribution >= 4 is 17.3 Å². The minimum absolute atomic E-state index is 0.292. The summed E-state index contributed by atoms with van der Waals surface area (Å²) in [5.41, 5.74) is 7.36. The van der Waals surface area contributed by atoms with Crippen LogP contribution < -0.4 is 5.73 Å². The van der Waals surface area contributed by atoms with Gasteiger partial charge in [-0.05, 0) is 30.0 Å². The highest BCUT2D eigenvalue weighted by atomic mass is 35.5. The highest BCUT2D eigenvalue weighted by Gasteiger charge is 2.49. The van der Waals surface area contributed by atoms with Crippen molar-refractivity contribution in [3.05, 3.63) is 29.0 Å². The number of benzene rings is 1. The molecule has 0 saturated heterocycles. The van der Waals surface area contributed by atoms with E-state index in [1.54, 1.807) is 12.1 Å². The average molecular weight is 264 g/mol. The van der Waals surface area contributed by atoms with Gasteiger partial charge in [0.15, 0.2) is 5.82 Å². The summed E-state index contributed by atoms with van der Waals surface area (Å²) in [6.45, 7) is 4.40. The van der Waals surface area contributed by atoms with E-state index in [1.165, 1.54) is 0 Å². The summed E-state index contributed by atoms with van der Waals surface area (Å²) in [7, 11) is 0. The van der Waals surface area contributed by atoms with Gasteiger partial charge in [0, 0.05) is 11.5 Å². The monoisotopic (exact) mass is 263 g/mol. The van der Waals surface area contributed by atoms with Crippen molar-refractivity contribution in [2.45, 2.75) is 26.2 Å². The van der Waals surface area contributed by atoms with Gasteiger partial charge in [0.2, 0.25) is 0 Å². The van der Waals surface area contributed by atoms with Gasteiger partial charge in [0.05, 0.1) is 10.7 Å². The quantitative estimate of drug-likeness (QED) is 0.843. The minimum atomic E-state index is 0.292. The van der Waals surface area contributed by atoms with E-state index < -0.39 is 0 Å². The third-order valence-corrected chi connectivity index (χ3v) is 3.85. The Morgan fingerprint density at radius 1 is 1.44 bits per heavy atom. The second-order valence-electron chi connectivity index (χ2n) is 5.44. The molecule has 1 aliphatic carbocycles. The van der Waals surface area contributed by atoms with Gasteiger partial charge in [-0.2, -0.15) is 4.98 Å². The van der Waals surface area contributed by atoms with Crippen LogP contribution in [0.1, 0.15) is 32.0 Å². The third kappa shape index (κ3) is 1.86. The number of anilines is 1. The standard InChI is InChI=1S/C13H14ClN3O/c1-13(2)6-8(13)11-16-12(18-17-11)7-3-4-9(14)10(15)5-7/h3-5,8H,6,15H2,1-2H3. The van der Waals surface area contributed by atoms with E-state index in [9.17, 15) is 0 Å². The lowest BCUT2D eigenvalue weighted by Gasteiger charge is -1.99. The van der Waals surface area contributed by atoms with Gasteiger partial charge in [-0.15, -0.1) is 0 Å². The molecule has 1 heterocycles. The van der Waals surface area contributed by atoms with Crippen molar-refractivity contribution in [2.24, 2.45) is 5.41 Å². The molecule has 2 N–H and O–H groups in total. The Morgan fingerprint density at radius 3 is 2.78 bits per heavy atom. The van der Waals surface area contributed by atoms with E-state index in [0.29, 0.717) is 27.9 Å². The number of nitrogen functional groups attached to an aromatic ring is 1. The predicted octanol–water partition coefficient (Wildman–Crippen LogP) is 3.49.